The van der Waals surface area contributed by atoms with Gasteiger partial charge in [0, 0.05) is 3.57 Å². The van der Waals surface area contributed by atoms with Crippen LogP contribution in [0.5, 0.6) is 0 Å². The normalized spacial score (nSPS) is 16.8. The zero-order valence-corrected chi connectivity index (χ0v) is 13.2. The van der Waals surface area contributed by atoms with Crippen molar-refractivity contribution in [2.45, 2.75) is 13.8 Å². The average Bonchev–Trinajstić information content (AvgIpc) is 2.41. The summed E-state index contributed by atoms with van der Waals surface area (Å²) in [5, 5.41) is 3.83. The second-order valence-corrected chi connectivity index (χ2v) is 5.52. The van der Waals surface area contributed by atoms with Crippen molar-refractivity contribution in [3.63, 3.8) is 0 Å². The molecule has 102 valence electrons. The fourth-order valence-corrected chi connectivity index (χ4v) is 2.25. The molecule has 2 rings (SSSR count). The van der Waals surface area contributed by atoms with Crippen LogP contribution in [0.2, 0.25) is 0 Å². The predicted molar refractivity (Wildman–Crippen MR) is 84.5 cm³/mol. The van der Waals surface area contributed by atoms with Gasteiger partial charge in [-0.2, -0.15) is 0 Å². The van der Waals surface area contributed by atoms with E-state index in [4.69, 9.17) is 4.84 Å². The van der Waals surface area contributed by atoms with Gasteiger partial charge >= 0.3 is 5.97 Å². The van der Waals surface area contributed by atoms with Crippen molar-refractivity contribution in [1.29, 1.82) is 0 Å². The molecule has 0 saturated heterocycles. The number of carbonyl (C=O) groups is 2. The van der Waals surface area contributed by atoms with Gasteiger partial charge in [0.05, 0.1) is 5.56 Å². The van der Waals surface area contributed by atoms with Crippen molar-refractivity contribution in [2.75, 3.05) is 0 Å². The molecule has 0 fully saturated rings. The van der Waals surface area contributed by atoms with Gasteiger partial charge in [-0.15, -0.1) is 0 Å². The van der Waals surface area contributed by atoms with Crippen LogP contribution in [0.25, 0.3) is 0 Å². The predicted octanol–water partition coefficient (Wildman–Crippen LogP) is 3.28. The van der Waals surface area contributed by atoms with Gasteiger partial charge in [-0.25, -0.2) is 4.79 Å². The van der Waals surface area contributed by atoms with Gasteiger partial charge in [0.25, 0.3) is 0 Å². The van der Waals surface area contributed by atoms with Gasteiger partial charge in [-0.05, 0) is 71.9 Å². The molecule has 0 spiro atoms. The first-order valence-corrected chi connectivity index (χ1v) is 7.02. The SMILES string of the molecule is CC1=C/C(=N\OC(=O)c2ccccc2I)C(C)=CC1=O. The summed E-state index contributed by atoms with van der Waals surface area (Å²) in [6.07, 6.45) is 3.09. The smallest absolute Gasteiger partial charge is 0.312 e. The first-order chi connectivity index (χ1) is 9.49. The Bertz CT molecular complexity index is 671. The van der Waals surface area contributed by atoms with Crippen molar-refractivity contribution in [3.8, 4) is 0 Å². The minimum absolute atomic E-state index is 0.0506. The number of allylic oxidation sites excluding steroid dienone is 4. The van der Waals surface area contributed by atoms with Crippen LogP contribution in [0.4, 0.5) is 0 Å². The van der Waals surface area contributed by atoms with E-state index in [1.54, 1.807) is 32.1 Å². The van der Waals surface area contributed by atoms with E-state index in [0.717, 1.165) is 3.57 Å². The molecule has 1 aromatic carbocycles. The highest BCUT2D eigenvalue weighted by molar-refractivity contribution is 14.1. The lowest BCUT2D eigenvalue weighted by atomic mass is 9.99. The molecular weight excluding hydrogens is 369 g/mol. The largest absolute Gasteiger partial charge is 0.366 e. The maximum absolute atomic E-state index is 11.9. The Morgan fingerprint density at radius 1 is 1.15 bits per heavy atom. The first kappa shape index (κ1) is 14.6. The average molecular weight is 381 g/mol. The maximum Gasteiger partial charge on any atom is 0.366 e. The van der Waals surface area contributed by atoms with Gasteiger partial charge in [-0.1, -0.05) is 17.3 Å². The lowest BCUT2D eigenvalue weighted by molar-refractivity contribution is -0.111. The van der Waals surface area contributed by atoms with E-state index >= 15 is 0 Å². The van der Waals surface area contributed by atoms with Crippen LogP contribution in [0.1, 0.15) is 24.2 Å². The molecule has 0 bridgehead atoms. The molecule has 20 heavy (non-hydrogen) atoms. The lowest BCUT2D eigenvalue weighted by Crippen LogP contribution is -2.12. The van der Waals surface area contributed by atoms with Gasteiger partial charge < -0.3 is 4.84 Å². The molecule has 0 amide bonds. The van der Waals surface area contributed by atoms with Crippen molar-refractivity contribution in [3.05, 3.63) is 56.7 Å². The van der Waals surface area contributed by atoms with Crippen LogP contribution < -0.4 is 0 Å². The van der Waals surface area contributed by atoms with Gasteiger partial charge in [0.15, 0.2) is 5.78 Å². The van der Waals surface area contributed by atoms with Gasteiger partial charge in [-0.3, -0.25) is 4.79 Å². The molecule has 0 unspecified atom stereocenters. The fourth-order valence-electron chi connectivity index (χ4n) is 1.64. The standard InChI is InChI=1S/C15H12INO3/c1-9-8-14(18)10(2)7-13(9)17-20-15(19)11-5-3-4-6-12(11)16/h3-8H,1-2H3/b17-13+. The third-order valence-corrected chi connectivity index (χ3v) is 3.75. The molecule has 1 aromatic rings. The molecular formula is C15H12INO3. The molecule has 0 radical (unpaired) electrons. The molecule has 0 heterocycles. The highest BCUT2D eigenvalue weighted by atomic mass is 127. The van der Waals surface area contributed by atoms with Crippen LogP contribution >= 0.6 is 22.6 Å². The molecule has 5 heteroatoms. The second-order valence-electron chi connectivity index (χ2n) is 4.35. The van der Waals surface area contributed by atoms with Crippen molar-refractivity contribution >= 4 is 40.1 Å². The van der Waals surface area contributed by atoms with Gasteiger partial charge in [0.1, 0.15) is 5.71 Å². The second kappa shape index (κ2) is 6.13. The van der Waals surface area contributed by atoms with E-state index in [-0.39, 0.29) is 5.78 Å². The maximum atomic E-state index is 11.9. The van der Waals surface area contributed by atoms with Crippen LogP contribution in [0.3, 0.4) is 0 Å². The molecule has 0 N–H and O–H groups in total. The number of carbonyl (C=O) groups excluding carboxylic acids is 2. The summed E-state index contributed by atoms with van der Waals surface area (Å²) in [4.78, 5) is 28.3. The molecule has 1 aliphatic carbocycles. The molecule has 0 atom stereocenters. The summed E-state index contributed by atoms with van der Waals surface area (Å²) >= 11 is 2.06. The number of rotatable bonds is 2. The minimum Gasteiger partial charge on any atom is -0.312 e. The van der Waals surface area contributed by atoms with Crippen molar-refractivity contribution < 1.29 is 14.4 Å². The Morgan fingerprint density at radius 2 is 1.85 bits per heavy atom. The van der Waals surface area contributed by atoms with Crippen LogP contribution in [-0.2, 0) is 9.63 Å². The monoisotopic (exact) mass is 381 g/mol. The number of hydrogen-bond donors (Lipinski definition) is 0. The van der Waals surface area contributed by atoms with Crippen LogP contribution in [-0.4, -0.2) is 17.5 Å². The van der Waals surface area contributed by atoms with E-state index in [1.165, 1.54) is 6.08 Å². The number of halogens is 1. The Labute approximate surface area is 130 Å². The van der Waals surface area contributed by atoms with Gasteiger partial charge in [0.2, 0.25) is 0 Å². The summed E-state index contributed by atoms with van der Waals surface area (Å²) in [7, 11) is 0. The molecule has 0 saturated carbocycles. The van der Waals surface area contributed by atoms with Crippen LogP contribution in [0, 0.1) is 3.57 Å². The number of benzene rings is 1. The Kier molecular flexibility index (Phi) is 4.49. The zero-order valence-electron chi connectivity index (χ0n) is 11.0. The Balaban J connectivity index is 2.18. The van der Waals surface area contributed by atoms with E-state index in [9.17, 15) is 9.59 Å². The molecule has 0 aliphatic heterocycles. The summed E-state index contributed by atoms with van der Waals surface area (Å²) in [5.41, 5.74) is 2.20. The topological polar surface area (TPSA) is 55.7 Å². The Hall–Kier alpha value is -1.76. The zero-order chi connectivity index (χ0) is 14.7. The summed E-state index contributed by atoms with van der Waals surface area (Å²) in [6, 6.07) is 7.10. The minimum atomic E-state index is -0.516. The summed E-state index contributed by atoms with van der Waals surface area (Å²) < 4.78 is 0.799. The highest BCUT2D eigenvalue weighted by Crippen LogP contribution is 2.15. The molecule has 1 aliphatic rings. The van der Waals surface area contributed by atoms with E-state index in [1.807, 2.05) is 12.1 Å². The number of ketones is 1. The van der Waals surface area contributed by atoms with E-state index in [2.05, 4.69) is 27.7 Å². The molecule has 0 aromatic heterocycles. The van der Waals surface area contributed by atoms with Crippen molar-refractivity contribution in [1.82, 2.24) is 0 Å². The van der Waals surface area contributed by atoms with E-state index < -0.39 is 5.97 Å². The molecule has 4 nitrogen and oxygen atoms in total. The van der Waals surface area contributed by atoms with E-state index in [0.29, 0.717) is 22.4 Å². The lowest BCUT2D eigenvalue weighted by Gasteiger charge is -2.08. The highest BCUT2D eigenvalue weighted by Gasteiger charge is 2.15. The summed E-state index contributed by atoms with van der Waals surface area (Å²) in [6.45, 7) is 3.45. The number of oxime groups is 1. The fraction of sp³-hybridized carbons (Fsp3) is 0.133. The number of hydrogen-bond acceptors (Lipinski definition) is 4. The Morgan fingerprint density at radius 3 is 2.55 bits per heavy atom. The quantitative estimate of drug-likeness (QED) is 0.342. The third-order valence-electron chi connectivity index (χ3n) is 2.81. The third kappa shape index (κ3) is 3.22. The summed E-state index contributed by atoms with van der Waals surface area (Å²) in [5.74, 6) is -0.566. The first-order valence-electron chi connectivity index (χ1n) is 5.94. The van der Waals surface area contributed by atoms with Crippen LogP contribution in [0.15, 0.2) is 52.7 Å². The van der Waals surface area contributed by atoms with Crippen molar-refractivity contribution in [2.24, 2.45) is 5.16 Å². The number of nitrogens with zero attached hydrogens (tertiary/aromatic N) is 1.